The first-order valence-electron chi connectivity index (χ1n) is 5.41. The van der Waals surface area contributed by atoms with E-state index in [4.69, 9.17) is 4.74 Å². The average Bonchev–Trinajstić information content (AvgIpc) is 2.09. The number of ketones is 1. The molecule has 0 spiro atoms. The SMILES string of the molecule is CCCC(=O)CN1CCOCC1(C)C. The summed E-state index contributed by atoms with van der Waals surface area (Å²) in [4.78, 5) is 13.7. The van der Waals surface area contributed by atoms with Crippen molar-refractivity contribution < 1.29 is 9.53 Å². The highest BCUT2D eigenvalue weighted by Crippen LogP contribution is 2.18. The van der Waals surface area contributed by atoms with E-state index in [0.29, 0.717) is 18.7 Å². The van der Waals surface area contributed by atoms with Gasteiger partial charge in [0.2, 0.25) is 0 Å². The predicted molar refractivity (Wildman–Crippen MR) is 56.4 cm³/mol. The number of hydrogen-bond donors (Lipinski definition) is 0. The first-order chi connectivity index (χ1) is 6.56. The van der Waals surface area contributed by atoms with E-state index in [1.165, 1.54) is 0 Å². The summed E-state index contributed by atoms with van der Waals surface area (Å²) in [5.41, 5.74) is 0.0155. The van der Waals surface area contributed by atoms with Gasteiger partial charge in [0.15, 0.2) is 0 Å². The van der Waals surface area contributed by atoms with Crippen LogP contribution < -0.4 is 0 Å². The zero-order valence-corrected chi connectivity index (χ0v) is 9.51. The van der Waals surface area contributed by atoms with Crippen LogP contribution in [-0.2, 0) is 9.53 Å². The molecule has 0 aromatic heterocycles. The van der Waals surface area contributed by atoms with Crippen LogP contribution in [0, 0.1) is 0 Å². The maximum Gasteiger partial charge on any atom is 0.146 e. The van der Waals surface area contributed by atoms with Gasteiger partial charge in [0.25, 0.3) is 0 Å². The number of Topliss-reactive ketones (excluding diaryl/α,β-unsaturated/α-hetero) is 1. The van der Waals surface area contributed by atoms with Gasteiger partial charge in [-0.2, -0.15) is 0 Å². The van der Waals surface area contributed by atoms with Crippen molar-refractivity contribution in [2.45, 2.75) is 39.2 Å². The normalized spacial score (nSPS) is 22.2. The van der Waals surface area contributed by atoms with Crippen LogP contribution in [0.5, 0.6) is 0 Å². The van der Waals surface area contributed by atoms with Crippen LogP contribution in [0.25, 0.3) is 0 Å². The van der Waals surface area contributed by atoms with E-state index in [2.05, 4.69) is 18.7 Å². The Morgan fingerprint density at radius 2 is 2.21 bits per heavy atom. The van der Waals surface area contributed by atoms with Gasteiger partial charge in [0, 0.05) is 18.5 Å². The van der Waals surface area contributed by atoms with Crippen molar-refractivity contribution in [3.63, 3.8) is 0 Å². The average molecular weight is 199 g/mol. The van der Waals surface area contributed by atoms with Crippen molar-refractivity contribution in [1.29, 1.82) is 0 Å². The molecule has 1 rings (SSSR count). The predicted octanol–water partition coefficient (Wildman–Crippen LogP) is 1.47. The lowest BCUT2D eigenvalue weighted by Gasteiger charge is -2.41. The molecule has 14 heavy (non-hydrogen) atoms. The zero-order valence-electron chi connectivity index (χ0n) is 9.51. The van der Waals surface area contributed by atoms with Gasteiger partial charge in [0.1, 0.15) is 5.78 Å². The van der Waals surface area contributed by atoms with E-state index in [0.717, 1.165) is 26.2 Å². The third-order valence-corrected chi connectivity index (χ3v) is 2.71. The summed E-state index contributed by atoms with van der Waals surface area (Å²) in [6.07, 6.45) is 1.65. The standard InChI is InChI=1S/C11H21NO2/c1-4-5-10(13)8-12-6-7-14-9-11(12,2)3/h4-9H2,1-3H3. The van der Waals surface area contributed by atoms with Crippen molar-refractivity contribution in [2.75, 3.05) is 26.3 Å². The number of ether oxygens (including phenoxy) is 1. The third-order valence-electron chi connectivity index (χ3n) is 2.71. The van der Waals surface area contributed by atoms with Crippen LogP contribution in [0.4, 0.5) is 0 Å². The minimum absolute atomic E-state index is 0.0155. The maximum atomic E-state index is 11.5. The maximum absolute atomic E-state index is 11.5. The van der Waals surface area contributed by atoms with Crippen LogP contribution in [0.1, 0.15) is 33.6 Å². The molecule has 3 heteroatoms. The minimum Gasteiger partial charge on any atom is -0.378 e. The smallest absolute Gasteiger partial charge is 0.146 e. The molecular weight excluding hydrogens is 178 g/mol. The number of hydrogen-bond acceptors (Lipinski definition) is 3. The lowest BCUT2D eigenvalue weighted by atomic mass is 10.0. The van der Waals surface area contributed by atoms with E-state index in [-0.39, 0.29) is 5.54 Å². The Hall–Kier alpha value is -0.410. The number of rotatable bonds is 4. The fraction of sp³-hybridized carbons (Fsp3) is 0.909. The molecule has 82 valence electrons. The van der Waals surface area contributed by atoms with Gasteiger partial charge in [-0.25, -0.2) is 0 Å². The third kappa shape index (κ3) is 3.07. The fourth-order valence-electron chi connectivity index (χ4n) is 1.75. The summed E-state index contributed by atoms with van der Waals surface area (Å²) in [5, 5.41) is 0. The van der Waals surface area contributed by atoms with Gasteiger partial charge in [0.05, 0.1) is 19.8 Å². The van der Waals surface area contributed by atoms with E-state index >= 15 is 0 Å². The van der Waals surface area contributed by atoms with Crippen molar-refractivity contribution >= 4 is 5.78 Å². The molecule has 1 aliphatic heterocycles. The summed E-state index contributed by atoms with van der Waals surface area (Å²) >= 11 is 0. The molecule has 0 unspecified atom stereocenters. The lowest BCUT2D eigenvalue weighted by Crippen LogP contribution is -2.54. The summed E-state index contributed by atoms with van der Waals surface area (Å²) < 4.78 is 5.40. The summed E-state index contributed by atoms with van der Waals surface area (Å²) in [5.74, 6) is 0.350. The Bertz CT molecular complexity index is 201. The van der Waals surface area contributed by atoms with Gasteiger partial charge in [-0.15, -0.1) is 0 Å². The summed E-state index contributed by atoms with van der Waals surface area (Å²) in [6, 6.07) is 0. The highest BCUT2D eigenvalue weighted by Gasteiger charge is 2.31. The second-order valence-corrected chi connectivity index (χ2v) is 4.58. The second kappa shape index (κ2) is 4.89. The molecule has 0 aliphatic carbocycles. The Balaban J connectivity index is 2.45. The highest BCUT2D eigenvalue weighted by molar-refractivity contribution is 5.80. The molecule has 0 saturated carbocycles. The number of carbonyl (C=O) groups is 1. The molecule has 0 radical (unpaired) electrons. The Labute approximate surface area is 86.4 Å². The minimum atomic E-state index is 0.0155. The van der Waals surface area contributed by atoms with Crippen LogP contribution >= 0.6 is 0 Å². The van der Waals surface area contributed by atoms with Gasteiger partial charge >= 0.3 is 0 Å². The van der Waals surface area contributed by atoms with Gasteiger partial charge in [-0.05, 0) is 20.3 Å². The van der Waals surface area contributed by atoms with E-state index < -0.39 is 0 Å². The molecule has 0 bridgehead atoms. The largest absolute Gasteiger partial charge is 0.378 e. The van der Waals surface area contributed by atoms with Crippen LogP contribution in [0.3, 0.4) is 0 Å². The van der Waals surface area contributed by atoms with E-state index in [9.17, 15) is 4.79 Å². The first-order valence-corrected chi connectivity index (χ1v) is 5.41. The molecular formula is C11H21NO2. The Kier molecular flexibility index (Phi) is 4.08. The molecule has 0 aromatic carbocycles. The quantitative estimate of drug-likeness (QED) is 0.686. The van der Waals surface area contributed by atoms with Crippen molar-refractivity contribution in [1.82, 2.24) is 4.90 Å². The molecule has 3 nitrogen and oxygen atoms in total. The Morgan fingerprint density at radius 3 is 2.79 bits per heavy atom. The number of nitrogens with zero attached hydrogens (tertiary/aromatic N) is 1. The Morgan fingerprint density at radius 1 is 1.50 bits per heavy atom. The van der Waals surface area contributed by atoms with Crippen molar-refractivity contribution in [3.05, 3.63) is 0 Å². The van der Waals surface area contributed by atoms with Crippen molar-refractivity contribution in [3.8, 4) is 0 Å². The summed E-state index contributed by atoms with van der Waals surface area (Å²) in [7, 11) is 0. The van der Waals surface area contributed by atoms with E-state index in [1.807, 2.05) is 6.92 Å². The molecule has 1 aliphatic rings. The van der Waals surface area contributed by atoms with Gasteiger partial charge < -0.3 is 4.74 Å². The van der Waals surface area contributed by atoms with Gasteiger partial charge in [-0.3, -0.25) is 9.69 Å². The molecule has 1 saturated heterocycles. The molecule has 0 N–H and O–H groups in total. The van der Waals surface area contributed by atoms with Crippen LogP contribution in [0.15, 0.2) is 0 Å². The molecule has 0 amide bonds. The first kappa shape index (κ1) is 11.7. The van der Waals surface area contributed by atoms with E-state index in [1.54, 1.807) is 0 Å². The highest BCUT2D eigenvalue weighted by atomic mass is 16.5. The van der Waals surface area contributed by atoms with Gasteiger partial charge in [-0.1, -0.05) is 6.92 Å². The fourth-order valence-corrected chi connectivity index (χ4v) is 1.75. The van der Waals surface area contributed by atoms with Crippen LogP contribution in [0.2, 0.25) is 0 Å². The number of carbonyl (C=O) groups excluding carboxylic acids is 1. The van der Waals surface area contributed by atoms with Crippen molar-refractivity contribution in [2.24, 2.45) is 0 Å². The molecule has 0 aromatic rings. The molecule has 1 fully saturated rings. The topological polar surface area (TPSA) is 29.5 Å². The zero-order chi connectivity index (χ0) is 10.6. The monoisotopic (exact) mass is 199 g/mol. The van der Waals surface area contributed by atoms with Crippen LogP contribution in [-0.4, -0.2) is 42.5 Å². The summed E-state index contributed by atoms with van der Waals surface area (Å²) in [6.45, 7) is 9.25. The number of morpholine rings is 1. The molecule has 1 heterocycles. The lowest BCUT2D eigenvalue weighted by molar-refractivity contribution is -0.125. The molecule has 0 atom stereocenters. The second-order valence-electron chi connectivity index (χ2n) is 4.58.